The van der Waals surface area contributed by atoms with Gasteiger partial charge in [0.2, 0.25) is 0 Å². The van der Waals surface area contributed by atoms with E-state index < -0.39 is 0 Å². The Kier molecular flexibility index (Phi) is 5.55. The highest BCUT2D eigenvalue weighted by molar-refractivity contribution is 5.16. The van der Waals surface area contributed by atoms with E-state index in [1.54, 1.807) is 12.1 Å². The van der Waals surface area contributed by atoms with Crippen molar-refractivity contribution < 1.29 is 4.39 Å². The van der Waals surface area contributed by atoms with E-state index >= 15 is 0 Å². The van der Waals surface area contributed by atoms with E-state index in [9.17, 15) is 4.39 Å². The number of terminal acetylenes is 1. The molecule has 1 rings (SSSR count). The van der Waals surface area contributed by atoms with Gasteiger partial charge in [0.25, 0.3) is 0 Å². The third-order valence-electron chi connectivity index (χ3n) is 2.30. The number of nitrogens with one attached hydrogen (secondary N) is 1. The first kappa shape index (κ1) is 12.7. The summed E-state index contributed by atoms with van der Waals surface area (Å²) in [6.07, 6.45) is 5.11. The lowest BCUT2D eigenvalue weighted by molar-refractivity contribution is 0.321. The average molecular weight is 220 g/mol. The van der Waals surface area contributed by atoms with Crippen molar-refractivity contribution >= 4 is 0 Å². The van der Waals surface area contributed by atoms with E-state index in [-0.39, 0.29) is 5.82 Å². The van der Waals surface area contributed by atoms with Gasteiger partial charge < -0.3 is 10.2 Å². The lowest BCUT2D eigenvalue weighted by Gasteiger charge is -2.16. The third kappa shape index (κ3) is 4.43. The fraction of sp³-hybridized carbons (Fsp3) is 0.385. The van der Waals surface area contributed by atoms with Gasteiger partial charge in [-0.3, -0.25) is 0 Å². The predicted molar refractivity (Wildman–Crippen MR) is 64.4 cm³/mol. The maximum absolute atomic E-state index is 13.3. The minimum absolute atomic E-state index is 0.147. The van der Waals surface area contributed by atoms with Crippen LogP contribution in [0.1, 0.15) is 5.56 Å². The van der Waals surface area contributed by atoms with Crippen molar-refractivity contribution in [2.75, 3.05) is 26.7 Å². The number of halogens is 1. The van der Waals surface area contributed by atoms with E-state index in [0.717, 1.165) is 18.7 Å². The number of rotatable bonds is 6. The molecule has 0 saturated carbocycles. The Morgan fingerprint density at radius 1 is 1.44 bits per heavy atom. The van der Waals surface area contributed by atoms with Gasteiger partial charge in [-0.15, -0.1) is 6.42 Å². The fourth-order valence-corrected chi connectivity index (χ4v) is 1.43. The summed E-state index contributed by atoms with van der Waals surface area (Å²) in [7, 11) is 1.96. The Morgan fingerprint density at radius 3 is 2.88 bits per heavy atom. The fourth-order valence-electron chi connectivity index (χ4n) is 1.43. The summed E-state index contributed by atoms with van der Waals surface area (Å²) in [5, 5.41) is 3.09. The van der Waals surface area contributed by atoms with Gasteiger partial charge in [0.05, 0.1) is 6.54 Å². The van der Waals surface area contributed by atoms with Crippen LogP contribution in [0, 0.1) is 18.2 Å². The lowest BCUT2D eigenvalue weighted by Crippen LogP contribution is -2.29. The molecule has 0 aromatic heterocycles. The zero-order chi connectivity index (χ0) is 11.8. The molecule has 86 valence electrons. The molecule has 0 aliphatic carbocycles. The maximum atomic E-state index is 13.3. The largest absolute Gasteiger partial charge is 0.305 e. The first-order valence-corrected chi connectivity index (χ1v) is 5.30. The Bertz CT molecular complexity index is 357. The van der Waals surface area contributed by atoms with Crippen molar-refractivity contribution in [1.82, 2.24) is 10.2 Å². The smallest absolute Gasteiger partial charge is 0.127 e. The van der Waals surface area contributed by atoms with E-state index in [0.29, 0.717) is 13.1 Å². The molecule has 1 aromatic rings. The molecule has 0 spiro atoms. The number of hydrogen-bond acceptors (Lipinski definition) is 2. The standard InChI is InChI=1S/C13H17FN2/c1-3-8-15-9-10-16(2)11-12-6-4-5-7-13(12)14/h1,4-7,15H,8-11H2,2H3. The van der Waals surface area contributed by atoms with Crippen molar-refractivity contribution in [1.29, 1.82) is 0 Å². The van der Waals surface area contributed by atoms with Gasteiger partial charge >= 0.3 is 0 Å². The quantitative estimate of drug-likeness (QED) is 0.577. The molecule has 2 nitrogen and oxygen atoms in total. The average Bonchev–Trinajstić information content (AvgIpc) is 2.28. The van der Waals surface area contributed by atoms with Crippen molar-refractivity contribution in [3.8, 4) is 12.3 Å². The molecule has 0 amide bonds. The summed E-state index contributed by atoms with van der Waals surface area (Å²) in [5.41, 5.74) is 0.724. The van der Waals surface area contributed by atoms with E-state index in [4.69, 9.17) is 6.42 Å². The van der Waals surface area contributed by atoms with E-state index in [1.807, 2.05) is 13.1 Å². The van der Waals surface area contributed by atoms with Crippen molar-refractivity contribution in [2.24, 2.45) is 0 Å². The zero-order valence-corrected chi connectivity index (χ0v) is 9.54. The second-order valence-electron chi connectivity index (χ2n) is 3.71. The van der Waals surface area contributed by atoms with Gasteiger partial charge in [-0.2, -0.15) is 0 Å². The second kappa shape index (κ2) is 7.00. The molecule has 16 heavy (non-hydrogen) atoms. The molecule has 0 bridgehead atoms. The van der Waals surface area contributed by atoms with E-state index in [2.05, 4.69) is 16.1 Å². The summed E-state index contributed by atoms with van der Waals surface area (Å²) < 4.78 is 13.3. The molecule has 1 N–H and O–H groups in total. The molecule has 0 aliphatic rings. The second-order valence-corrected chi connectivity index (χ2v) is 3.71. The van der Waals surface area contributed by atoms with Crippen LogP contribution in [0.15, 0.2) is 24.3 Å². The Labute approximate surface area is 96.5 Å². The lowest BCUT2D eigenvalue weighted by atomic mass is 10.2. The van der Waals surface area contributed by atoms with Gasteiger partial charge in [0, 0.05) is 25.2 Å². The van der Waals surface area contributed by atoms with Gasteiger partial charge in [-0.05, 0) is 13.1 Å². The summed E-state index contributed by atoms with van der Waals surface area (Å²) in [4.78, 5) is 2.06. The van der Waals surface area contributed by atoms with Crippen LogP contribution in [-0.2, 0) is 6.54 Å². The number of likely N-dealkylation sites (N-methyl/N-ethyl adjacent to an activating group) is 1. The highest BCUT2D eigenvalue weighted by Crippen LogP contribution is 2.08. The zero-order valence-electron chi connectivity index (χ0n) is 9.54. The van der Waals surface area contributed by atoms with Gasteiger partial charge in [-0.25, -0.2) is 4.39 Å². The topological polar surface area (TPSA) is 15.3 Å². The van der Waals surface area contributed by atoms with E-state index in [1.165, 1.54) is 6.07 Å². The molecule has 0 fully saturated rings. The molecule has 3 heteroatoms. The number of nitrogens with zero attached hydrogens (tertiary/aromatic N) is 1. The van der Waals surface area contributed by atoms with Crippen molar-refractivity contribution in [2.45, 2.75) is 6.54 Å². The first-order chi connectivity index (χ1) is 7.74. The molecular weight excluding hydrogens is 203 g/mol. The SMILES string of the molecule is C#CCNCCN(C)Cc1ccccc1F. The summed E-state index contributed by atoms with van der Waals surface area (Å²) >= 11 is 0. The maximum Gasteiger partial charge on any atom is 0.127 e. The predicted octanol–water partition coefficient (Wildman–Crippen LogP) is 1.48. The Balaban J connectivity index is 2.32. The molecule has 0 aliphatic heterocycles. The highest BCUT2D eigenvalue weighted by atomic mass is 19.1. The summed E-state index contributed by atoms with van der Waals surface area (Å²) in [6, 6.07) is 6.84. The van der Waals surface area contributed by atoms with Crippen LogP contribution in [-0.4, -0.2) is 31.6 Å². The molecule has 1 aromatic carbocycles. The number of hydrogen-bond donors (Lipinski definition) is 1. The third-order valence-corrected chi connectivity index (χ3v) is 2.30. The van der Waals surface area contributed by atoms with Crippen molar-refractivity contribution in [3.63, 3.8) is 0 Å². The number of benzene rings is 1. The minimum Gasteiger partial charge on any atom is -0.305 e. The van der Waals surface area contributed by atoms with Gasteiger partial charge in [-0.1, -0.05) is 24.1 Å². The summed E-state index contributed by atoms with van der Waals surface area (Å²) in [5.74, 6) is 2.36. The van der Waals surface area contributed by atoms with Crippen LogP contribution in [0.3, 0.4) is 0 Å². The summed E-state index contributed by atoms with van der Waals surface area (Å²) in [6.45, 7) is 2.85. The normalized spacial score (nSPS) is 10.4. The van der Waals surface area contributed by atoms with Crippen LogP contribution in [0.25, 0.3) is 0 Å². The van der Waals surface area contributed by atoms with Crippen LogP contribution in [0.5, 0.6) is 0 Å². The van der Waals surface area contributed by atoms with Crippen LogP contribution in [0.2, 0.25) is 0 Å². The molecule has 0 radical (unpaired) electrons. The highest BCUT2D eigenvalue weighted by Gasteiger charge is 2.03. The van der Waals surface area contributed by atoms with Crippen LogP contribution in [0.4, 0.5) is 4.39 Å². The molecular formula is C13H17FN2. The molecule has 0 saturated heterocycles. The van der Waals surface area contributed by atoms with Gasteiger partial charge in [0.1, 0.15) is 5.82 Å². The van der Waals surface area contributed by atoms with Crippen LogP contribution >= 0.6 is 0 Å². The van der Waals surface area contributed by atoms with Crippen molar-refractivity contribution in [3.05, 3.63) is 35.6 Å². The Morgan fingerprint density at radius 2 is 2.19 bits per heavy atom. The Hall–Kier alpha value is -1.37. The molecule has 0 unspecified atom stereocenters. The van der Waals surface area contributed by atoms with Crippen LogP contribution < -0.4 is 5.32 Å². The monoisotopic (exact) mass is 220 g/mol. The van der Waals surface area contributed by atoms with Gasteiger partial charge in [0.15, 0.2) is 0 Å². The molecule has 0 heterocycles. The minimum atomic E-state index is -0.147. The molecule has 0 atom stereocenters. The first-order valence-electron chi connectivity index (χ1n) is 5.30.